The predicted molar refractivity (Wildman–Crippen MR) is 140 cm³/mol. The van der Waals surface area contributed by atoms with Crippen LogP contribution in [-0.4, -0.2) is 91.6 Å². The van der Waals surface area contributed by atoms with Crippen molar-refractivity contribution in [1.82, 2.24) is 25.6 Å². The molecule has 2 N–H and O–H groups in total. The van der Waals surface area contributed by atoms with E-state index in [1.165, 1.54) is 6.42 Å². The number of piperidine rings is 1. The van der Waals surface area contributed by atoms with Gasteiger partial charge in [0.05, 0.1) is 32.0 Å². The van der Waals surface area contributed by atoms with Crippen LogP contribution in [0.5, 0.6) is 0 Å². The fourth-order valence-electron chi connectivity index (χ4n) is 9.60. The summed E-state index contributed by atoms with van der Waals surface area (Å²) in [6.07, 6.45) is 3.03. The number of fused-ring (bicyclic) bond motifs is 2. The van der Waals surface area contributed by atoms with Crippen molar-refractivity contribution in [1.29, 1.82) is 0 Å². The zero-order valence-electron chi connectivity index (χ0n) is 23.5. The van der Waals surface area contributed by atoms with Gasteiger partial charge in [0.2, 0.25) is 5.91 Å². The summed E-state index contributed by atoms with van der Waals surface area (Å²) in [6.45, 7) is 6.76. The number of hydrogen-bond acceptors (Lipinski definition) is 6. The van der Waals surface area contributed by atoms with Gasteiger partial charge < -0.3 is 9.64 Å². The molecule has 7 fully saturated rings. The Kier molecular flexibility index (Phi) is 6.78. The Hall–Kier alpha value is -0.940. The third-order valence-electron chi connectivity index (χ3n) is 12.3. The summed E-state index contributed by atoms with van der Waals surface area (Å²) < 4.78 is 49.2. The van der Waals surface area contributed by atoms with Crippen LogP contribution in [0, 0.1) is 46.8 Å². The molecular formula is C29H46F3N5O2. The summed E-state index contributed by atoms with van der Waals surface area (Å²) in [5, 5.41) is 0. The minimum atomic E-state index is -4.25. The molecule has 220 valence electrons. The SMILES string of the molecule is C[C@H](C1CC2C(=O)N(C3CCCC(C4(CC5NNCN5C)COC4)C3)CC2C(C(F)(F)F)C1)N1C[C@H]2C[C@H]2C1. The number of halogens is 3. The number of hydrazine groups is 1. The molecule has 4 saturated heterocycles. The van der Waals surface area contributed by atoms with Crippen LogP contribution in [0.2, 0.25) is 0 Å². The van der Waals surface area contributed by atoms with Gasteiger partial charge in [0.15, 0.2) is 0 Å². The van der Waals surface area contributed by atoms with Crippen LogP contribution >= 0.6 is 0 Å². The van der Waals surface area contributed by atoms with Crippen LogP contribution in [0.15, 0.2) is 0 Å². The van der Waals surface area contributed by atoms with E-state index in [1.54, 1.807) is 0 Å². The average Bonchev–Trinajstić information content (AvgIpc) is 3.16. The third-order valence-corrected chi connectivity index (χ3v) is 12.3. The number of ether oxygens (including phenoxy) is 1. The van der Waals surface area contributed by atoms with E-state index >= 15 is 0 Å². The molecule has 0 aromatic rings. The smallest absolute Gasteiger partial charge is 0.380 e. The summed E-state index contributed by atoms with van der Waals surface area (Å²) in [6, 6.07) is 0.182. The van der Waals surface area contributed by atoms with Crippen LogP contribution in [0.3, 0.4) is 0 Å². The van der Waals surface area contributed by atoms with Crippen molar-refractivity contribution in [3.63, 3.8) is 0 Å². The maximum absolute atomic E-state index is 14.5. The van der Waals surface area contributed by atoms with E-state index in [2.05, 4.69) is 34.6 Å². The first-order valence-electron chi connectivity index (χ1n) is 15.5. The van der Waals surface area contributed by atoms with Crippen LogP contribution in [0.25, 0.3) is 0 Å². The first-order valence-corrected chi connectivity index (χ1v) is 15.5. The van der Waals surface area contributed by atoms with Gasteiger partial charge in [-0.15, -0.1) is 0 Å². The van der Waals surface area contributed by atoms with Gasteiger partial charge in [-0.2, -0.15) is 13.2 Å². The highest BCUT2D eigenvalue weighted by atomic mass is 19.4. The molecule has 7 nitrogen and oxygen atoms in total. The number of nitrogens with zero attached hydrogens (tertiary/aromatic N) is 3. The Morgan fingerprint density at radius 1 is 1.08 bits per heavy atom. The highest BCUT2D eigenvalue weighted by Gasteiger charge is 2.59. The third kappa shape index (κ3) is 4.74. The highest BCUT2D eigenvalue weighted by molar-refractivity contribution is 5.82. The average molecular weight is 554 g/mol. The summed E-state index contributed by atoms with van der Waals surface area (Å²) in [5.41, 5.74) is 6.68. The molecule has 0 aromatic heterocycles. The minimum absolute atomic E-state index is 0.0152. The number of likely N-dealkylation sites (tertiary alicyclic amines) is 2. The van der Waals surface area contributed by atoms with E-state index in [9.17, 15) is 18.0 Å². The lowest BCUT2D eigenvalue weighted by molar-refractivity contribution is -0.205. The Morgan fingerprint density at radius 3 is 2.49 bits per heavy atom. The van der Waals surface area contributed by atoms with E-state index in [-0.39, 0.29) is 41.9 Å². The van der Waals surface area contributed by atoms with Gasteiger partial charge in [0.25, 0.3) is 0 Å². The summed E-state index contributed by atoms with van der Waals surface area (Å²) in [5.74, 6) is -0.512. The van der Waals surface area contributed by atoms with Crippen molar-refractivity contribution < 1.29 is 22.7 Å². The molecule has 10 heteroatoms. The van der Waals surface area contributed by atoms with Gasteiger partial charge in [-0.3, -0.25) is 14.6 Å². The first kappa shape index (κ1) is 26.9. The maximum atomic E-state index is 14.5. The molecule has 0 radical (unpaired) electrons. The van der Waals surface area contributed by atoms with Crippen molar-refractivity contribution in [2.45, 2.75) is 82.7 Å². The van der Waals surface area contributed by atoms with Crippen molar-refractivity contribution in [3.8, 4) is 0 Å². The van der Waals surface area contributed by atoms with E-state index < -0.39 is 23.9 Å². The second kappa shape index (κ2) is 9.82. The Bertz CT molecular complexity index is 936. The van der Waals surface area contributed by atoms with E-state index in [0.717, 1.165) is 76.9 Å². The van der Waals surface area contributed by atoms with Gasteiger partial charge in [-0.25, -0.2) is 10.9 Å². The van der Waals surface area contributed by atoms with Gasteiger partial charge in [-0.1, -0.05) is 6.42 Å². The fourth-order valence-corrected chi connectivity index (χ4v) is 9.60. The molecule has 0 bridgehead atoms. The number of amides is 1. The first-order chi connectivity index (χ1) is 18.6. The summed E-state index contributed by atoms with van der Waals surface area (Å²) in [4.78, 5) is 20.5. The molecule has 0 spiro atoms. The van der Waals surface area contributed by atoms with Gasteiger partial charge in [0.1, 0.15) is 0 Å². The van der Waals surface area contributed by atoms with Crippen molar-refractivity contribution in [2.24, 2.45) is 46.8 Å². The van der Waals surface area contributed by atoms with Gasteiger partial charge >= 0.3 is 6.18 Å². The van der Waals surface area contributed by atoms with Crippen LogP contribution in [0.1, 0.15) is 58.3 Å². The Labute approximate surface area is 230 Å². The van der Waals surface area contributed by atoms with Crippen molar-refractivity contribution in [3.05, 3.63) is 0 Å². The lowest BCUT2D eigenvalue weighted by Gasteiger charge is -2.52. The summed E-state index contributed by atoms with van der Waals surface area (Å²) in [7, 11) is 2.11. The van der Waals surface area contributed by atoms with E-state index in [4.69, 9.17) is 4.74 Å². The van der Waals surface area contributed by atoms with E-state index in [1.807, 2.05) is 4.90 Å². The monoisotopic (exact) mass is 553 g/mol. The molecule has 3 aliphatic carbocycles. The summed E-state index contributed by atoms with van der Waals surface area (Å²) >= 11 is 0. The fraction of sp³-hybridized carbons (Fsp3) is 0.966. The Morgan fingerprint density at radius 2 is 1.85 bits per heavy atom. The molecule has 4 heterocycles. The molecule has 7 rings (SSSR count). The largest absolute Gasteiger partial charge is 0.392 e. The molecule has 0 aromatic carbocycles. The van der Waals surface area contributed by atoms with E-state index in [0.29, 0.717) is 18.9 Å². The lowest BCUT2D eigenvalue weighted by Crippen LogP contribution is -2.56. The number of rotatable bonds is 6. The molecule has 7 aliphatic rings. The maximum Gasteiger partial charge on any atom is 0.392 e. The lowest BCUT2D eigenvalue weighted by atomic mass is 9.64. The number of carbonyl (C=O) groups is 1. The number of hydrogen-bond donors (Lipinski definition) is 2. The standard InChI is InChI=1S/C29H46F3N5O2/c1-17(36-11-19-6-20(19)12-36)18-7-23-24(25(8-18)29(30,31)32)13-37(27(23)38)22-5-3-4-21(9-22)28(14-39-15-28)10-26-34-33-16-35(26)2/h17-26,33-34H,3-16H2,1-2H3/t17-,18?,19-,20+,21?,22?,23?,24?,25?,26?/m1/s1. The van der Waals surface area contributed by atoms with Crippen LogP contribution in [0.4, 0.5) is 13.2 Å². The van der Waals surface area contributed by atoms with Gasteiger partial charge in [0, 0.05) is 43.1 Å². The Balaban J connectivity index is 1.06. The molecule has 39 heavy (non-hydrogen) atoms. The zero-order chi connectivity index (χ0) is 27.1. The second-order valence-electron chi connectivity index (χ2n) is 14.4. The molecular weight excluding hydrogens is 507 g/mol. The molecule has 10 atom stereocenters. The predicted octanol–water partition coefficient (Wildman–Crippen LogP) is 3.28. The highest BCUT2D eigenvalue weighted by Crippen LogP contribution is 2.54. The zero-order valence-corrected chi connectivity index (χ0v) is 23.5. The van der Waals surface area contributed by atoms with Crippen LogP contribution in [-0.2, 0) is 9.53 Å². The number of alkyl halides is 3. The molecule has 4 aliphatic heterocycles. The number of nitrogens with one attached hydrogen (secondary N) is 2. The van der Waals surface area contributed by atoms with Crippen LogP contribution < -0.4 is 10.9 Å². The quantitative estimate of drug-likeness (QED) is 0.527. The number of carbonyl (C=O) groups excluding carboxylic acids is 1. The molecule has 3 saturated carbocycles. The van der Waals surface area contributed by atoms with Crippen molar-refractivity contribution >= 4 is 5.91 Å². The van der Waals surface area contributed by atoms with Gasteiger partial charge in [-0.05, 0) is 88.5 Å². The minimum Gasteiger partial charge on any atom is -0.380 e. The topological polar surface area (TPSA) is 60.1 Å². The molecule has 7 unspecified atom stereocenters. The van der Waals surface area contributed by atoms with Crippen molar-refractivity contribution in [2.75, 3.05) is 46.6 Å². The normalized spacial score (nSPS) is 45.2. The second-order valence-corrected chi connectivity index (χ2v) is 14.4. The molecule has 1 amide bonds.